The molecule has 0 unspecified atom stereocenters. The smallest absolute Gasteiger partial charge is 0.188 e. The summed E-state index contributed by atoms with van der Waals surface area (Å²) >= 11 is 0. The molecule has 8 heteroatoms. The van der Waals surface area contributed by atoms with Crippen molar-refractivity contribution in [2.45, 2.75) is 30.7 Å². The molecule has 1 heterocycles. The minimum absolute atomic E-state index is 0.0198. The second-order valence-corrected chi connectivity index (χ2v) is 4.98. The van der Waals surface area contributed by atoms with E-state index < -0.39 is 49.7 Å². The predicted molar refractivity (Wildman–Crippen MR) is 72.2 cm³/mol. The Labute approximate surface area is 126 Å². The van der Waals surface area contributed by atoms with Crippen molar-refractivity contribution in [1.29, 1.82) is 0 Å². The summed E-state index contributed by atoms with van der Waals surface area (Å²) in [6, 6.07) is 5.52. The molecule has 0 spiro atoms. The number of phenolic OH excluding ortho intramolecular Hbond substituents is 1. The van der Waals surface area contributed by atoms with Crippen LogP contribution in [-0.4, -0.2) is 75.2 Å². The lowest BCUT2D eigenvalue weighted by Crippen LogP contribution is -2.59. The molecule has 8 nitrogen and oxygen atoms in total. The standard InChI is InChI=1S/C14H18O8/c15-5-10-11(18)12(19)13(20)14(22-10)21-6-9(17)7-1-3-8(16)4-2-7/h1-4,10-16,18-20H,5-6H2/t10-,11-,12+,13-,14+/m1/s1. The van der Waals surface area contributed by atoms with Crippen molar-refractivity contribution in [1.82, 2.24) is 0 Å². The summed E-state index contributed by atoms with van der Waals surface area (Å²) in [7, 11) is 0. The highest BCUT2D eigenvalue weighted by Crippen LogP contribution is 2.22. The number of ketones is 1. The maximum absolute atomic E-state index is 11.9. The molecular weight excluding hydrogens is 296 g/mol. The van der Waals surface area contributed by atoms with Crippen LogP contribution in [0.5, 0.6) is 5.75 Å². The van der Waals surface area contributed by atoms with Crippen molar-refractivity contribution in [3.63, 3.8) is 0 Å². The van der Waals surface area contributed by atoms with Crippen molar-refractivity contribution in [3.8, 4) is 5.75 Å². The molecule has 2 rings (SSSR count). The van der Waals surface area contributed by atoms with Gasteiger partial charge < -0.3 is 35.0 Å². The summed E-state index contributed by atoms with van der Waals surface area (Å²) in [6.07, 6.45) is -7.03. The lowest BCUT2D eigenvalue weighted by molar-refractivity contribution is -0.298. The molecule has 0 aliphatic carbocycles. The minimum atomic E-state index is -1.56. The Hall–Kier alpha value is -1.55. The van der Waals surface area contributed by atoms with Gasteiger partial charge in [0, 0.05) is 5.56 Å². The van der Waals surface area contributed by atoms with Gasteiger partial charge in [-0.3, -0.25) is 4.79 Å². The van der Waals surface area contributed by atoms with Crippen LogP contribution in [0.2, 0.25) is 0 Å². The highest BCUT2D eigenvalue weighted by molar-refractivity contribution is 5.97. The molecule has 1 fully saturated rings. The number of carbonyl (C=O) groups excluding carboxylic acids is 1. The zero-order valence-corrected chi connectivity index (χ0v) is 11.6. The van der Waals surface area contributed by atoms with Crippen LogP contribution in [0.25, 0.3) is 0 Å². The van der Waals surface area contributed by atoms with Gasteiger partial charge in [-0.15, -0.1) is 0 Å². The van der Waals surface area contributed by atoms with Crippen LogP contribution in [0.15, 0.2) is 24.3 Å². The first-order valence-electron chi connectivity index (χ1n) is 6.68. The lowest BCUT2D eigenvalue weighted by Gasteiger charge is -2.39. The molecule has 0 amide bonds. The highest BCUT2D eigenvalue weighted by atomic mass is 16.7. The molecule has 122 valence electrons. The van der Waals surface area contributed by atoms with Crippen molar-refractivity contribution in [2.24, 2.45) is 0 Å². The lowest BCUT2D eigenvalue weighted by atomic mass is 9.99. The zero-order valence-electron chi connectivity index (χ0n) is 11.6. The summed E-state index contributed by atoms with van der Waals surface area (Å²) in [6.45, 7) is -1.01. The maximum Gasteiger partial charge on any atom is 0.188 e. The van der Waals surface area contributed by atoms with E-state index in [0.717, 1.165) is 0 Å². The molecule has 0 saturated carbocycles. The third kappa shape index (κ3) is 3.61. The Morgan fingerprint density at radius 1 is 1.09 bits per heavy atom. The third-order valence-electron chi connectivity index (χ3n) is 3.42. The molecule has 1 aromatic carbocycles. The number of benzene rings is 1. The summed E-state index contributed by atoms with van der Waals surface area (Å²) in [5.74, 6) is -0.400. The van der Waals surface area contributed by atoms with E-state index in [9.17, 15) is 20.1 Å². The van der Waals surface area contributed by atoms with E-state index in [0.29, 0.717) is 5.56 Å². The molecular formula is C14H18O8. The van der Waals surface area contributed by atoms with Crippen molar-refractivity contribution in [2.75, 3.05) is 13.2 Å². The van der Waals surface area contributed by atoms with Crippen molar-refractivity contribution in [3.05, 3.63) is 29.8 Å². The largest absolute Gasteiger partial charge is 0.508 e. The number of ether oxygens (including phenoxy) is 2. The van der Waals surface area contributed by atoms with E-state index in [2.05, 4.69) is 0 Å². The number of phenols is 1. The quantitative estimate of drug-likeness (QED) is 0.410. The van der Waals surface area contributed by atoms with E-state index in [4.69, 9.17) is 19.7 Å². The molecule has 1 aliphatic rings. The second-order valence-electron chi connectivity index (χ2n) is 4.98. The van der Waals surface area contributed by atoms with Crippen LogP contribution in [0.1, 0.15) is 10.4 Å². The van der Waals surface area contributed by atoms with Gasteiger partial charge in [0.2, 0.25) is 0 Å². The molecule has 1 saturated heterocycles. The summed E-state index contributed by atoms with van der Waals surface area (Å²) in [5.41, 5.74) is 0.294. The van der Waals surface area contributed by atoms with Gasteiger partial charge in [0.15, 0.2) is 12.1 Å². The Morgan fingerprint density at radius 3 is 2.32 bits per heavy atom. The molecule has 0 radical (unpaired) electrons. The number of rotatable bonds is 5. The van der Waals surface area contributed by atoms with Crippen LogP contribution < -0.4 is 0 Å². The number of aliphatic hydroxyl groups excluding tert-OH is 4. The van der Waals surface area contributed by atoms with Gasteiger partial charge in [-0.1, -0.05) is 0 Å². The first-order chi connectivity index (χ1) is 10.4. The van der Waals surface area contributed by atoms with Crippen LogP contribution >= 0.6 is 0 Å². The average Bonchev–Trinajstić information content (AvgIpc) is 2.52. The summed E-state index contributed by atoms with van der Waals surface area (Å²) in [4.78, 5) is 11.9. The Balaban J connectivity index is 1.95. The normalized spacial score (nSPS) is 31.9. The van der Waals surface area contributed by atoms with Crippen LogP contribution in [0, 0.1) is 0 Å². The molecule has 1 aromatic rings. The third-order valence-corrected chi connectivity index (χ3v) is 3.42. The van der Waals surface area contributed by atoms with Crippen molar-refractivity contribution < 1.29 is 39.8 Å². The monoisotopic (exact) mass is 314 g/mol. The summed E-state index contributed by atoms with van der Waals surface area (Å²) < 4.78 is 10.2. The Bertz CT molecular complexity index is 500. The average molecular weight is 314 g/mol. The summed E-state index contributed by atoms with van der Waals surface area (Å²) in [5, 5.41) is 47.2. The Kier molecular flexibility index (Phi) is 5.46. The van der Waals surface area contributed by atoms with Gasteiger partial charge in [-0.25, -0.2) is 0 Å². The number of aromatic hydroxyl groups is 1. The highest BCUT2D eigenvalue weighted by Gasteiger charge is 2.44. The van der Waals surface area contributed by atoms with E-state index in [-0.39, 0.29) is 5.75 Å². The number of Topliss-reactive ketones (excluding diaryl/α,β-unsaturated/α-hetero) is 1. The van der Waals surface area contributed by atoms with Gasteiger partial charge in [-0.05, 0) is 24.3 Å². The van der Waals surface area contributed by atoms with Gasteiger partial charge in [0.25, 0.3) is 0 Å². The van der Waals surface area contributed by atoms with E-state index >= 15 is 0 Å². The van der Waals surface area contributed by atoms with Crippen LogP contribution in [0.3, 0.4) is 0 Å². The van der Waals surface area contributed by atoms with E-state index in [1.165, 1.54) is 24.3 Å². The predicted octanol–water partition coefficient (Wildman–Crippen LogP) is -1.61. The fraction of sp³-hybridized carbons (Fsp3) is 0.500. The fourth-order valence-corrected chi connectivity index (χ4v) is 2.09. The van der Waals surface area contributed by atoms with E-state index in [1.807, 2.05) is 0 Å². The fourth-order valence-electron chi connectivity index (χ4n) is 2.09. The second kappa shape index (κ2) is 7.14. The maximum atomic E-state index is 11.9. The van der Waals surface area contributed by atoms with Crippen LogP contribution in [0.4, 0.5) is 0 Å². The minimum Gasteiger partial charge on any atom is -0.508 e. The molecule has 1 aliphatic heterocycles. The van der Waals surface area contributed by atoms with Gasteiger partial charge in [0.05, 0.1) is 6.61 Å². The van der Waals surface area contributed by atoms with Gasteiger partial charge in [0.1, 0.15) is 36.8 Å². The first kappa shape index (κ1) is 16.8. The molecule has 5 atom stereocenters. The SMILES string of the molecule is O=C(CO[C@H]1O[C@H](CO)[C@@H](O)[C@H](O)[C@H]1O)c1ccc(O)cc1. The molecule has 0 bridgehead atoms. The van der Waals surface area contributed by atoms with E-state index in [1.54, 1.807) is 0 Å². The molecule has 22 heavy (non-hydrogen) atoms. The topological polar surface area (TPSA) is 137 Å². The number of carbonyl (C=O) groups is 1. The molecule has 0 aromatic heterocycles. The van der Waals surface area contributed by atoms with Gasteiger partial charge in [-0.2, -0.15) is 0 Å². The Morgan fingerprint density at radius 2 is 1.73 bits per heavy atom. The number of hydrogen-bond donors (Lipinski definition) is 5. The van der Waals surface area contributed by atoms with Gasteiger partial charge >= 0.3 is 0 Å². The van der Waals surface area contributed by atoms with Crippen molar-refractivity contribution >= 4 is 5.78 Å². The molecule has 5 N–H and O–H groups in total. The zero-order chi connectivity index (χ0) is 16.3. The van der Waals surface area contributed by atoms with Crippen LogP contribution in [-0.2, 0) is 9.47 Å². The number of hydrogen-bond acceptors (Lipinski definition) is 8. The number of aliphatic hydroxyl groups is 4. The first-order valence-corrected chi connectivity index (χ1v) is 6.68.